The number of carbonyl (C=O) groups excluding carboxylic acids is 2. The van der Waals surface area contributed by atoms with Crippen molar-refractivity contribution in [3.63, 3.8) is 0 Å². The van der Waals surface area contributed by atoms with E-state index in [1.807, 2.05) is 0 Å². The molecule has 0 radical (unpaired) electrons. The van der Waals surface area contributed by atoms with Gasteiger partial charge in [0.05, 0.1) is 25.0 Å². The summed E-state index contributed by atoms with van der Waals surface area (Å²) < 4.78 is 44.3. The Labute approximate surface area is 218 Å². The van der Waals surface area contributed by atoms with Crippen LogP contribution in [0.5, 0.6) is 5.75 Å². The third-order valence-corrected chi connectivity index (χ3v) is 5.94. The number of nitrogens with one attached hydrogen (secondary N) is 3. The normalized spacial score (nSPS) is 10.7. The Hall–Kier alpha value is -4.63. The van der Waals surface area contributed by atoms with Crippen molar-refractivity contribution in [3.05, 3.63) is 53.6 Å². The number of nitrogens with two attached hydrogens (primary N) is 1. The Balaban J connectivity index is 1.54. The minimum atomic E-state index is -1.00. The van der Waals surface area contributed by atoms with Gasteiger partial charge in [0.2, 0.25) is 5.82 Å². The number of benzene rings is 2. The summed E-state index contributed by atoms with van der Waals surface area (Å²) in [6.45, 7) is 0.615. The first-order valence-electron chi connectivity index (χ1n) is 10.9. The molecule has 0 saturated carbocycles. The molecule has 0 aliphatic carbocycles. The number of thiazole rings is 1. The highest BCUT2D eigenvalue weighted by Crippen LogP contribution is 2.35. The van der Waals surface area contributed by atoms with Crippen LogP contribution in [0.3, 0.4) is 0 Å². The Morgan fingerprint density at radius 1 is 1.11 bits per heavy atom. The molecule has 12 nitrogen and oxygen atoms in total. The van der Waals surface area contributed by atoms with Gasteiger partial charge in [-0.05, 0) is 24.3 Å². The van der Waals surface area contributed by atoms with Gasteiger partial charge in [-0.25, -0.2) is 18.6 Å². The van der Waals surface area contributed by atoms with Gasteiger partial charge < -0.3 is 30.4 Å². The van der Waals surface area contributed by atoms with E-state index in [1.54, 1.807) is 12.1 Å². The smallest absolute Gasteiger partial charge is 0.321 e. The zero-order chi connectivity index (χ0) is 27.2. The van der Waals surface area contributed by atoms with Crippen molar-refractivity contribution in [1.29, 1.82) is 0 Å². The third-order valence-electron chi connectivity index (χ3n) is 4.96. The lowest BCUT2D eigenvalue weighted by atomic mass is 10.1. The SMILES string of the molecule is COCCNC(=O)Nc1nc(N)c(-c2nc(-c3cc(NC(=O)c4cccc(OC)c4)c(F)cc3F)no2)s1. The van der Waals surface area contributed by atoms with Gasteiger partial charge >= 0.3 is 6.03 Å². The van der Waals surface area contributed by atoms with Crippen molar-refractivity contribution in [3.8, 4) is 27.9 Å². The summed E-state index contributed by atoms with van der Waals surface area (Å²) >= 11 is 0.951. The fraction of sp³-hybridized carbons (Fsp3) is 0.174. The Bertz CT molecular complexity index is 1480. The van der Waals surface area contributed by atoms with E-state index >= 15 is 0 Å². The lowest BCUT2D eigenvalue weighted by Crippen LogP contribution is -2.31. The van der Waals surface area contributed by atoms with Gasteiger partial charge in [-0.1, -0.05) is 22.6 Å². The third kappa shape index (κ3) is 6.01. The summed E-state index contributed by atoms with van der Waals surface area (Å²) in [5, 5.41) is 11.4. The van der Waals surface area contributed by atoms with Gasteiger partial charge in [-0.3, -0.25) is 10.1 Å². The number of rotatable bonds is 9. The molecule has 2 aromatic carbocycles. The van der Waals surface area contributed by atoms with Crippen molar-refractivity contribution < 1.29 is 32.4 Å². The van der Waals surface area contributed by atoms with E-state index in [1.165, 1.54) is 26.4 Å². The van der Waals surface area contributed by atoms with E-state index in [2.05, 4.69) is 31.1 Å². The Morgan fingerprint density at radius 3 is 2.68 bits per heavy atom. The zero-order valence-electron chi connectivity index (χ0n) is 20.0. The number of carbonyl (C=O) groups is 2. The van der Waals surface area contributed by atoms with Crippen LogP contribution in [-0.4, -0.2) is 54.4 Å². The number of aromatic nitrogens is 3. The highest BCUT2D eigenvalue weighted by atomic mass is 32.1. The molecule has 3 amide bonds. The molecular weight excluding hydrogens is 524 g/mol. The zero-order valence-corrected chi connectivity index (χ0v) is 20.8. The van der Waals surface area contributed by atoms with Crippen LogP contribution in [0, 0.1) is 11.6 Å². The minimum absolute atomic E-state index is 0.0109. The van der Waals surface area contributed by atoms with E-state index in [9.17, 15) is 18.4 Å². The molecule has 2 aromatic heterocycles. The quantitative estimate of drug-likeness (QED) is 0.229. The number of halogens is 2. The number of hydrogen-bond donors (Lipinski definition) is 4. The first-order valence-corrected chi connectivity index (χ1v) is 11.7. The molecular formula is C23H21F2N7O5S. The fourth-order valence-corrected chi connectivity index (χ4v) is 3.95. The van der Waals surface area contributed by atoms with Crippen molar-refractivity contribution in [2.75, 3.05) is 43.7 Å². The largest absolute Gasteiger partial charge is 0.497 e. The van der Waals surface area contributed by atoms with Crippen LogP contribution in [0.25, 0.3) is 22.2 Å². The van der Waals surface area contributed by atoms with E-state index in [4.69, 9.17) is 19.7 Å². The van der Waals surface area contributed by atoms with E-state index in [0.29, 0.717) is 18.4 Å². The van der Waals surface area contributed by atoms with Crippen LogP contribution in [0.1, 0.15) is 10.4 Å². The molecule has 0 fully saturated rings. The number of methoxy groups -OCH3 is 2. The predicted molar refractivity (Wildman–Crippen MR) is 135 cm³/mol. The molecule has 2 heterocycles. The first kappa shape index (κ1) is 26.4. The minimum Gasteiger partial charge on any atom is -0.497 e. The molecule has 15 heteroatoms. The van der Waals surface area contributed by atoms with E-state index in [-0.39, 0.29) is 50.9 Å². The van der Waals surface area contributed by atoms with Crippen molar-refractivity contribution in [1.82, 2.24) is 20.4 Å². The van der Waals surface area contributed by atoms with Crippen LogP contribution in [0.15, 0.2) is 40.9 Å². The average molecular weight is 546 g/mol. The maximum atomic E-state index is 14.7. The number of hydrogen-bond acceptors (Lipinski definition) is 10. The number of amides is 3. The first-order chi connectivity index (χ1) is 18.3. The molecule has 0 aliphatic rings. The van der Waals surface area contributed by atoms with Crippen LogP contribution in [0.2, 0.25) is 0 Å². The maximum absolute atomic E-state index is 14.7. The van der Waals surface area contributed by atoms with E-state index < -0.39 is 23.6 Å². The summed E-state index contributed by atoms with van der Waals surface area (Å²) in [6, 6.07) is 7.34. The van der Waals surface area contributed by atoms with Crippen molar-refractivity contribution >= 4 is 39.9 Å². The maximum Gasteiger partial charge on any atom is 0.321 e. The standard InChI is InChI=1S/C23H21F2N7O5S/c1-35-7-6-27-22(34)31-23-29-18(26)17(38-23)21-30-19(32-37-21)13-9-16(15(25)10-14(13)24)28-20(33)11-4-3-5-12(8-11)36-2/h3-5,8-10H,6-7,26H2,1-2H3,(H,28,33)(H2,27,29,31,34). The van der Waals surface area contributed by atoms with Gasteiger partial charge in [0.25, 0.3) is 11.8 Å². The molecule has 0 aliphatic heterocycles. The highest BCUT2D eigenvalue weighted by Gasteiger charge is 2.22. The molecule has 198 valence electrons. The van der Waals surface area contributed by atoms with Crippen molar-refractivity contribution in [2.24, 2.45) is 0 Å². The molecule has 0 atom stereocenters. The number of anilines is 3. The number of nitrogen functional groups attached to an aromatic ring is 1. The van der Waals surface area contributed by atoms with Crippen LogP contribution < -0.4 is 26.4 Å². The van der Waals surface area contributed by atoms with Gasteiger partial charge in [0.15, 0.2) is 5.13 Å². The molecule has 5 N–H and O–H groups in total. The monoisotopic (exact) mass is 545 g/mol. The van der Waals surface area contributed by atoms with Gasteiger partial charge in [0, 0.05) is 25.3 Å². The van der Waals surface area contributed by atoms with Crippen LogP contribution in [0.4, 0.5) is 30.2 Å². The summed E-state index contributed by atoms with van der Waals surface area (Å²) in [5.74, 6) is -2.53. The number of nitrogens with zero attached hydrogens (tertiary/aromatic N) is 3. The molecule has 0 bridgehead atoms. The molecule has 4 rings (SSSR count). The highest BCUT2D eigenvalue weighted by molar-refractivity contribution is 7.19. The summed E-state index contributed by atoms with van der Waals surface area (Å²) in [4.78, 5) is 32.9. The molecule has 0 unspecified atom stereocenters. The fourth-order valence-electron chi connectivity index (χ4n) is 3.15. The summed E-state index contributed by atoms with van der Waals surface area (Å²) in [7, 11) is 2.95. The van der Waals surface area contributed by atoms with Crippen molar-refractivity contribution in [2.45, 2.75) is 0 Å². The number of urea groups is 1. The summed E-state index contributed by atoms with van der Waals surface area (Å²) in [5.41, 5.74) is 5.59. The number of ether oxygens (including phenoxy) is 2. The molecule has 38 heavy (non-hydrogen) atoms. The second kappa shape index (κ2) is 11.6. The average Bonchev–Trinajstić information content (AvgIpc) is 3.52. The van der Waals surface area contributed by atoms with Gasteiger partial charge in [-0.2, -0.15) is 4.98 Å². The van der Waals surface area contributed by atoms with Gasteiger partial charge in [0.1, 0.15) is 28.1 Å². The second-order valence-corrected chi connectivity index (χ2v) is 8.53. The molecule has 0 spiro atoms. The molecule has 0 saturated heterocycles. The second-order valence-electron chi connectivity index (χ2n) is 7.53. The molecule has 4 aromatic rings. The lowest BCUT2D eigenvalue weighted by molar-refractivity contribution is 0.102. The van der Waals surface area contributed by atoms with Crippen LogP contribution >= 0.6 is 11.3 Å². The predicted octanol–water partition coefficient (Wildman–Crippen LogP) is 3.75. The Morgan fingerprint density at radius 2 is 1.92 bits per heavy atom. The van der Waals surface area contributed by atoms with Gasteiger partial charge in [-0.15, -0.1) is 0 Å². The van der Waals surface area contributed by atoms with E-state index in [0.717, 1.165) is 17.4 Å². The summed E-state index contributed by atoms with van der Waals surface area (Å²) in [6.07, 6.45) is 0. The topological polar surface area (TPSA) is 167 Å². The lowest BCUT2D eigenvalue weighted by Gasteiger charge is -2.09. The Kier molecular flexibility index (Phi) is 8.08. The van der Waals surface area contributed by atoms with Crippen LogP contribution in [-0.2, 0) is 4.74 Å².